The van der Waals surface area contributed by atoms with Gasteiger partial charge < -0.3 is 4.90 Å². The molecular weight excluding hydrogens is 246 g/mol. The molecule has 1 aliphatic heterocycles. The normalized spacial score (nSPS) is 20.6. The summed E-state index contributed by atoms with van der Waals surface area (Å²) in [5.74, 6) is 0.444. The van der Waals surface area contributed by atoms with Crippen molar-refractivity contribution in [2.45, 2.75) is 45.4 Å². The number of Topliss-reactive ketones (excluding diaryl/α,β-unsaturated/α-hetero) is 1. The third-order valence-corrected chi connectivity index (χ3v) is 4.81. The van der Waals surface area contributed by atoms with Gasteiger partial charge in [-0.3, -0.25) is 4.79 Å². The predicted molar refractivity (Wildman–Crippen MR) is 82.3 cm³/mol. The predicted octanol–water partition coefficient (Wildman–Crippen LogP) is 3.48. The molecule has 1 heterocycles. The van der Waals surface area contributed by atoms with Crippen LogP contribution in [0.2, 0.25) is 0 Å². The summed E-state index contributed by atoms with van der Waals surface area (Å²) in [6, 6.07) is 6.40. The molecule has 2 nitrogen and oxygen atoms in total. The van der Waals surface area contributed by atoms with Crippen LogP contribution in [0.25, 0.3) is 0 Å². The number of hydrogen-bond donors (Lipinski definition) is 0. The Labute approximate surface area is 122 Å². The van der Waals surface area contributed by atoms with Crippen LogP contribution in [0.1, 0.15) is 54.1 Å². The van der Waals surface area contributed by atoms with Crippen LogP contribution in [0, 0.1) is 5.92 Å². The highest BCUT2D eigenvalue weighted by molar-refractivity contribution is 5.98. The number of carbonyl (C=O) groups is 1. The molecule has 1 aromatic rings. The lowest BCUT2D eigenvalue weighted by Gasteiger charge is -2.21. The van der Waals surface area contributed by atoms with E-state index in [1.54, 1.807) is 0 Å². The van der Waals surface area contributed by atoms with E-state index in [0.717, 1.165) is 18.5 Å². The van der Waals surface area contributed by atoms with Crippen molar-refractivity contribution >= 4 is 5.78 Å². The molecule has 20 heavy (non-hydrogen) atoms. The third kappa shape index (κ3) is 2.95. The molecule has 1 aliphatic carbocycles. The molecule has 1 atom stereocenters. The number of nitrogens with zero attached hydrogens (tertiary/aromatic N) is 1. The minimum atomic E-state index is 0.120. The molecular formula is C18H25NO. The Morgan fingerprint density at radius 2 is 1.80 bits per heavy atom. The molecule has 0 spiro atoms. The van der Waals surface area contributed by atoms with Gasteiger partial charge in [-0.25, -0.2) is 0 Å². The van der Waals surface area contributed by atoms with E-state index in [0.29, 0.717) is 5.78 Å². The van der Waals surface area contributed by atoms with Crippen LogP contribution in [0.4, 0.5) is 0 Å². The first kappa shape index (κ1) is 13.8. The number of likely N-dealkylation sites (tertiary alicyclic amines) is 1. The second kappa shape index (κ2) is 6.09. The van der Waals surface area contributed by atoms with Gasteiger partial charge in [0, 0.05) is 18.0 Å². The van der Waals surface area contributed by atoms with Gasteiger partial charge in [-0.1, -0.05) is 19.1 Å². The summed E-state index contributed by atoms with van der Waals surface area (Å²) in [5.41, 5.74) is 3.80. The van der Waals surface area contributed by atoms with E-state index in [9.17, 15) is 4.79 Å². The van der Waals surface area contributed by atoms with E-state index >= 15 is 0 Å². The van der Waals surface area contributed by atoms with Crippen molar-refractivity contribution in [3.63, 3.8) is 0 Å². The van der Waals surface area contributed by atoms with Crippen molar-refractivity contribution in [2.24, 2.45) is 5.92 Å². The van der Waals surface area contributed by atoms with E-state index in [-0.39, 0.29) is 5.92 Å². The zero-order valence-electron chi connectivity index (χ0n) is 12.5. The molecule has 1 aromatic carbocycles. The van der Waals surface area contributed by atoms with Crippen LogP contribution in [0.3, 0.4) is 0 Å². The summed E-state index contributed by atoms with van der Waals surface area (Å²) in [5, 5.41) is 0. The van der Waals surface area contributed by atoms with Crippen LogP contribution in [0.5, 0.6) is 0 Å². The minimum Gasteiger partial charge on any atom is -0.303 e. The average Bonchev–Trinajstić information content (AvgIpc) is 2.99. The van der Waals surface area contributed by atoms with Crippen LogP contribution in [-0.4, -0.2) is 30.3 Å². The maximum atomic E-state index is 12.6. The fraction of sp³-hybridized carbons (Fsp3) is 0.611. The number of benzene rings is 1. The molecule has 0 radical (unpaired) electrons. The highest BCUT2D eigenvalue weighted by atomic mass is 16.1. The number of aryl methyl sites for hydroxylation is 2. The van der Waals surface area contributed by atoms with Gasteiger partial charge in [0.1, 0.15) is 0 Å². The van der Waals surface area contributed by atoms with Crippen molar-refractivity contribution < 1.29 is 4.79 Å². The summed E-state index contributed by atoms with van der Waals surface area (Å²) in [6.45, 7) is 5.35. The Morgan fingerprint density at radius 1 is 1.10 bits per heavy atom. The number of fused-ring (bicyclic) bond motifs is 1. The lowest BCUT2D eigenvalue weighted by molar-refractivity contribution is 0.0903. The number of rotatable bonds is 4. The zero-order chi connectivity index (χ0) is 13.9. The Balaban J connectivity index is 1.69. The minimum absolute atomic E-state index is 0.120. The Bertz CT molecular complexity index is 488. The standard InChI is InChI=1S/C18H25NO/c1-14(13-19-10-4-5-11-19)18(20)17-9-8-15-6-2-3-7-16(15)12-17/h8-9,12,14H,2-7,10-11,13H2,1H3. The summed E-state index contributed by atoms with van der Waals surface area (Å²) in [7, 11) is 0. The monoisotopic (exact) mass is 271 g/mol. The van der Waals surface area contributed by atoms with E-state index in [1.165, 1.54) is 56.3 Å². The molecule has 2 aliphatic rings. The largest absolute Gasteiger partial charge is 0.303 e. The van der Waals surface area contributed by atoms with Gasteiger partial charge in [0.25, 0.3) is 0 Å². The van der Waals surface area contributed by atoms with Crippen molar-refractivity contribution in [1.82, 2.24) is 4.90 Å². The number of hydrogen-bond acceptors (Lipinski definition) is 2. The van der Waals surface area contributed by atoms with Crippen molar-refractivity contribution in [3.05, 3.63) is 34.9 Å². The average molecular weight is 271 g/mol. The van der Waals surface area contributed by atoms with Gasteiger partial charge in [-0.05, 0) is 68.8 Å². The van der Waals surface area contributed by atoms with Crippen LogP contribution in [-0.2, 0) is 12.8 Å². The summed E-state index contributed by atoms with van der Waals surface area (Å²) >= 11 is 0. The van der Waals surface area contributed by atoms with Gasteiger partial charge in [-0.15, -0.1) is 0 Å². The lowest BCUT2D eigenvalue weighted by Crippen LogP contribution is -2.29. The molecule has 0 saturated carbocycles. The Hall–Kier alpha value is -1.15. The zero-order valence-corrected chi connectivity index (χ0v) is 12.5. The second-order valence-corrected chi connectivity index (χ2v) is 6.46. The van der Waals surface area contributed by atoms with Gasteiger partial charge in [0.15, 0.2) is 5.78 Å². The van der Waals surface area contributed by atoms with E-state index in [1.807, 2.05) is 6.07 Å². The number of carbonyl (C=O) groups excluding carboxylic acids is 1. The molecule has 1 saturated heterocycles. The first-order valence-corrected chi connectivity index (χ1v) is 8.12. The third-order valence-electron chi connectivity index (χ3n) is 4.81. The first-order valence-electron chi connectivity index (χ1n) is 8.12. The summed E-state index contributed by atoms with van der Waals surface area (Å²) in [6.07, 6.45) is 7.49. The molecule has 0 aromatic heterocycles. The molecule has 0 amide bonds. The quantitative estimate of drug-likeness (QED) is 0.781. The maximum absolute atomic E-state index is 12.6. The second-order valence-electron chi connectivity index (χ2n) is 6.46. The molecule has 3 rings (SSSR count). The van der Waals surface area contributed by atoms with Gasteiger partial charge in [0.05, 0.1) is 0 Å². The molecule has 1 unspecified atom stereocenters. The van der Waals surface area contributed by atoms with Crippen molar-refractivity contribution in [3.8, 4) is 0 Å². The van der Waals surface area contributed by atoms with Gasteiger partial charge in [-0.2, -0.15) is 0 Å². The van der Waals surface area contributed by atoms with E-state index in [4.69, 9.17) is 0 Å². The lowest BCUT2D eigenvalue weighted by atomic mass is 9.88. The number of ketones is 1. The topological polar surface area (TPSA) is 20.3 Å². The maximum Gasteiger partial charge on any atom is 0.166 e. The highest BCUT2D eigenvalue weighted by Crippen LogP contribution is 2.23. The highest BCUT2D eigenvalue weighted by Gasteiger charge is 2.21. The fourth-order valence-corrected chi connectivity index (χ4v) is 3.61. The van der Waals surface area contributed by atoms with E-state index in [2.05, 4.69) is 24.0 Å². The molecule has 0 bridgehead atoms. The Kier molecular flexibility index (Phi) is 4.21. The molecule has 1 fully saturated rings. The fourth-order valence-electron chi connectivity index (χ4n) is 3.61. The van der Waals surface area contributed by atoms with Crippen molar-refractivity contribution in [2.75, 3.05) is 19.6 Å². The van der Waals surface area contributed by atoms with Crippen LogP contribution >= 0.6 is 0 Å². The van der Waals surface area contributed by atoms with E-state index < -0.39 is 0 Å². The van der Waals surface area contributed by atoms with Gasteiger partial charge >= 0.3 is 0 Å². The molecule has 2 heteroatoms. The van der Waals surface area contributed by atoms with Crippen molar-refractivity contribution in [1.29, 1.82) is 0 Å². The van der Waals surface area contributed by atoms with Gasteiger partial charge in [0.2, 0.25) is 0 Å². The Morgan fingerprint density at radius 3 is 2.55 bits per heavy atom. The summed E-state index contributed by atoms with van der Waals surface area (Å²) in [4.78, 5) is 15.0. The summed E-state index contributed by atoms with van der Waals surface area (Å²) < 4.78 is 0. The van der Waals surface area contributed by atoms with Crippen LogP contribution in [0.15, 0.2) is 18.2 Å². The first-order chi connectivity index (χ1) is 9.74. The molecule has 108 valence electrons. The smallest absolute Gasteiger partial charge is 0.166 e. The van der Waals surface area contributed by atoms with Crippen LogP contribution < -0.4 is 0 Å². The SMILES string of the molecule is CC(CN1CCCC1)C(=O)c1ccc2c(c1)CCCC2. The molecule has 0 N–H and O–H groups in total.